The summed E-state index contributed by atoms with van der Waals surface area (Å²) < 4.78 is 0. The van der Waals surface area contributed by atoms with E-state index in [0.717, 1.165) is 48.5 Å². The first-order chi connectivity index (χ1) is 9.06. The summed E-state index contributed by atoms with van der Waals surface area (Å²) in [6, 6.07) is 0.556. The Morgan fingerprint density at radius 2 is 2.11 bits per heavy atom. The third-order valence-corrected chi connectivity index (χ3v) is 5.92. The van der Waals surface area contributed by atoms with Crippen molar-refractivity contribution in [1.29, 1.82) is 0 Å². The average molecular weight is 280 g/mol. The van der Waals surface area contributed by atoms with E-state index in [2.05, 4.69) is 25.7 Å². The smallest absolute Gasteiger partial charge is 0.186 e. The Bertz CT molecular complexity index is 459. The lowest BCUT2D eigenvalue weighted by molar-refractivity contribution is 0.153. The number of aliphatic hydroxyl groups excluding tert-OH is 1. The van der Waals surface area contributed by atoms with Gasteiger partial charge in [0.15, 0.2) is 5.13 Å². The number of aromatic nitrogens is 1. The van der Waals surface area contributed by atoms with Crippen LogP contribution in [-0.4, -0.2) is 22.7 Å². The van der Waals surface area contributed by atoms with E-state index in [9.17, 15) is 5.11 Å². The van der Waals surface area contributed by atoms with Crippen molar-refractivity contribution in [2.75, 3.05) is 11.4 Å². The van der Waals surface area contributed by atoms with Gasteiger partial charge in [-0.2, -0.15) is 0 Å². The summed E-state index contributed by atoms with van der Waals surface area (Å²) in [7, 11) is 0. The molecule has 1 aliphatic carbocycles. The van der Waals surface area contributed by atoms with E-state index in [1.807, 2.05) is 11.3 Å². The van der Waals surface area contributed by atoms with Gasteiger partial charge in [0.1, 0.15) is 0 Å². The maximum Gasteiger partial charge on any atom is 0.186 e. The number of hydrogen-bond acceptors (Lipinski definition) is 4. The molecule has 1 aromatic rings. The summed E-state index contributed by atoms with van der Waals surface area (Å²) >= 11 is 1.81. The molecular weight excluding hydrogens is 256 g/mol. The summed E-state index contributed by atoms with van der Waals surface area (Å²) in [4.78, 5) is 8.55. The van der Waals surface area contributed by atoms with Gasteiger partial charge in [-0.15, -0.1) is 11.3 Å². The van der Waals surface area contributed by atoms with Gasteiger partial charge in [0.2, 0.25) is 0 Å². The molecule has 0 radical (unpaired) electrons. The van der Waals surface area contributed by atoms with Crippen molar-refractivity contribution in [3.8, 4) is 0 Å². The number of anilines is 1. The Morgan fingerprint density at radius 3 is 2.84 bits per heavy atom. The fourth-order valence-electron chi connectivity index (χ4n) is 3.47. The molecule has 3 nitrogen and oxygen atoms in total. The van der Waals surface area contributed by atoms with Crippen LogP contribution in [-0.2, 0) is 6.42 Å². The van der Waals surface area contributed by atoms with Gasteiger partial charge in [-0.3, -0.25) is 0 Å². The van der Waals surface area contributed by atoms with Crippen LogP contribution in [0, 0.1) is 11.8 Å². The molecule has 0 bridgehead atoms. The van der Waals surface area contributed by atoms with Crippen LogP contribution in [0.2, 0.25) is 0 Å². The predicted molar refractivity (Wildman–Crippen MR) is 79.8 cm³/mol. The van der Waals surface area contributed by atoms with Gasteiger partial charge in [0, 0.05) is 17.5 Å². The lowest BCUT2D eigenvalue weighted by atomic mass is 9.86. The molecule has 0 amide bonds. The number of fused-ring (bicyclic) bond motifs is 1. The first-order valence-corrected chi connectivity index (χ1v) is 8.32. The quantitative estimate of drug-likeness (QED) is 0.856. The SMILES string of the molecule is CC1CC(C)C(C)N(c2nc3c(s2)CCCC3O)C1. The minimum Gasteiger partial charge on any atom is -0.387 e. The van der Waals surface area contributed by atoms with Crippen molar-refractivity contribution >= 4 is 16.5 Å². The fraction of sp³-hybridized carbons (Fsp3) is 0.800. The zero-order chi connectivity index (χ0) is 13.6. The van der Waals surface area contributed by atoms with E-state index in [-0.39, 0.29) is 6.10 Å². The van der Waals surface area contributed by atoms with Gasteiger partial charge < -0.3 is 10.0 Å². The molecular formula is C15H24N2OS. The number of thiazole rings is 1. The second-order valence-electron chi connectivity index (χ2n) is 6.42. The number of nitrogens with zero attached hydrogens (tertiary/aromatic N) is 2. The zero-order valence-corrected chi connectivity index (χ0v) is 12.9. The van der Waals surface area contributed by atoms with Crippen LogP contribution < -0.4 is 4.90 Å². The van der Waals surface area contributed by atoms with Crippen LogP contribution in [0.3, 0.4) is 0 Å². The molecule has 1 aromatic heterocycles. The highest BCUT2D eigenvalue weighted by Crippen LogP contribution is 2.39. The summed E-state index contributed by atoms with van der Waals surface area (Å²) in [5, 5.41) is 11.2. The van der Waals surface area contributed by atoms with Gasteiger partial charge in [0.05, 0.1) is 11.8 Å². The van der Waals surface area contributed by atoms with Crippen molar-refractivity contribution in [2.45, 2.75) is 58.6 Å². The lowest BCUT2D eigenvalue weighted by Gasteiger charge is -2.41. The van der Waals surface area contributed by atoms with E-state index >= 15 is 0 Å². The molecule has 4 heteroatoms. The molecule has 4 unspecified atom stereocenters. The van der Waals surface area contributed by atoms with Gasteiger partial charge in [-0.25, -0.2) is 4.98 Å². The van der Waals surface area contributed by atoms with E-state index in [1.165, 1.54) is 11.3 Å². The molecule has 0 aromatic carbocycles. The van der Waals surface area contributed by atoms with Gasteiger partial charge in [-0.1, -0.05) is 13.8 Å². The molecule has 1 fully saturated rings. The Hall–Kier alpha value is -0.610. The molecule has 2 heterocycles. The number of aliphatic hydroxyl groups is 1. The molecule has 1 saturated heterocycles. The Kier molecular flexibility index (Phi) is 3.56. The molecule has 106 valence electrons. The van der Waals surface area contributed by atoms with Crippen LogP contribution in [0.15, 0.2) is 0 Å². The topological polar surface area (TPSA) is 36.4 Å². The normalized spacial score (nSPS) is 35.3. The van der Waals surface area contributed by atoms with E-state index in [0.29, 0.717) is 6.04 Å². The molecule has 19 heavy (non-hydrogen) atoms. The summed E-state index contributed by atoms with van der Waals surface area (Å²) in [6.07, 6.45) is 4.04. The van der Waals surface area contributed by atoms with Crippen molar-refractivity contribution in [3.05, 3.63) is 10.6 Å². The predicted octanol–water partition coefficient (Wildman–Crippen LogP) is 3.38. The second kappa shape index (κ2) is 5.06. The standard InChI is InChI=1S/C15H24N2OS/c1-9-7-10(2)11(3)17(8-9)15-16-14-12(18)5-4-6-13(14)19-15/h9-12,18H,4-8H2,1-3H3. The number of piperidine rings is 1. The van der Waals surface area contributed by atoms with Crippen molar-refractivity contribution in [3.63, 3.8) is 0 Å². The maximum absolute atomic E-state index is 10.1. The highest BCUT2D eigenvalue weighted by atomic mass is 32.1. The molecule has 0 spiro atoms. The van der Waals surface area contributed by atoms with Crippen LogP contribution in [0.5, 0.6) is 0 Å². The number of aryl methyl sites for hydroxylation is 1. The summed E-state index contributed by atoms with van der Waals surface area (Å²) in [5.41, 5.74) is 0.962. The Labute approximate surface area is 119 Å². The van der Waals surface area contributed by atoms with Crippen molar-refractivity contribution in [1.82, 2.24) is 4.98 Å². The molecule has 4 atom stereocenters. The number of hydrogen-bond donors (Lipinski definition) is 1. The third kappa shape index (κ3) is 2.40. The van der Waals surface area contributed by atoms with Crippen LogP contribution in [0.4, 0.5) is 5.13 Å². The second-order valence-corrected chi connectivity index (χ2v) is 7.49. The fourth-order valence-corrected chi connectivity index (χ4v) is 4.73. The van der Waals surface area contributed by atoms with Crippen LogP contribution in [0.1, 0.15) is 56.7 Å². The monoisotopic (exact) mass is 280 g/mol. The summed E-state index contributed by atoms with van der Waals surface area (Å²) in [5.74, 6) is 1.45. The highest BCUT2D eigenvalue weighted by Gasteiger charge is 2.32. The van der Waals surface area contributed by atoms with E-state index in [4.69, 9.17) is 4.98 Å². The molecule has 1 aliphatic heterocycles. The Morgan fingerprint density at radius 1 is 1.32 bits per heavy atom. The minimum absolute atomic E-state index is 0.330. The highest BCUT2D eigenvalue weighted by molar-refractivity contribution is 7.15. The first kappa shape index (κ1) is 13.4. The molecule has 2 aliphatic rings. The summed E-state index contributed by atoms with van der Waals surface area (Å²) in [6.45, 7) is 8.09. The van der Waals surface area contributed by atoms with Crippen LogP contribution in [0.25, 0.3) is 0 Å². The molecule has 1 N–H and O–H groups in total. The van der Waals surface area contributed by atoms with Crippen molar-refractivity contribution in [2.24, 2.45) is 11.8 Å². The van der Waals surface area contributed by atoms with Gasteiger partial charge in [-0.05, 0) is 44.4 Å². The van der Waals surface area contributed by atoms with Gasteiger partial charge in [0.25, 0.3) is 0 Å². The van der Waals surface area contributed by atoms with E-state index < -0.39 is 0 Å². The van der Waals surface area contributed by atoms with E-state index in [1.54, 1.807) is 0 Å². The largest absolute Gasteiger partial charge is 0.387 e. The molecule has 3 rings (SSSR count). The van der Waals surface area contributed by atoms with Crippen molar-refractivity contribution < 1.29 is 5.11 Å². The third-order valence-electron chi connectivity index (χ3n) is 4.76. The minimum atomic E-state index is -0.330. The van der Waals surface area contributed by atoms with Gasteiger partial charge >= 0.3 is 0 Å². The Balaban J connectivity index is 1.89. The number of rotatable bonds is 1. The maximum atomic E-state index is 10.1. The first-order valence-electron chi connectivity index (χ1n) is 7.50. The zero-order valence-electron chi connectivity index (χ0n) is 12.1. The molecule has 0 saturated carbocycles. The van der Waals surface area contributed by atoms with Crippen LogP contribution >= 0.6 is 11.3 Å². The lowest BCUT2D eigenvalue weighted by Crippen LogP contribution is -2.45. The average Bonchev–Trinajstić information content (AvgIpc) is 2.79.